The number of fused-ring (bicyclic) bond motifs is 1. The number of nitrogens with zero attached hydrogens (tertiary/aromatic N) is 3. The Labute approximate surface area is 231 Å². The minimum atomic E-state index is -3.59. The molecule has 208 valence electrons. The number of amides is 1. The molecule has 2 aliphatic heterocycles. The van der Waals surface area contributed by atoms with E-state index in [2.05, 4.69) is 12.2 Å². The number of hydrazone groups is 1. The summed E-state index contributed by atoms with van der Waals surface area (Å²) in [6.45, 7) is 7.44. The maximum atomic E-state index is 13.7. The van der Waals surface area contributed by atoms with Crippen molar-refractivity contribution in [2.24, 2.45) is 16.9 Å². The zero-order chi connectivity index (χ0) is 27.6. The van der Waals surface area contributed by atoms with Crippen LogP contribution in [0.15, 0.2) is 64.6 Å². The lowest BCUT2D eigenvalue weighted by atomic mass is 9.76. The van der Waals surface area contributed by atoms with Crippen LogP contribution in [-0.2, 0) is 14.8 Å². The van der Waals surface area contributed by atoms with Gasteiger partial charge in [-0.2, -0.15) is 9.41 Å². The van der Waals surface area contributed by atoms with Gasteiger partial charge in [0.1, 0.15) is 0 Å². The Bertz CT molecular complexity index is 1380. The predicted octanol–water partition coefficient (Wildman–Crippen LogP) is 4.77. The molecule has 1 amide bonds. The number of allylic oxidation sites excluding steroid dienone is 2. The Morgan fingerprint density at radius 1 is 0.923 bits per heavy atom. The van der Waals surface area contributed by atoms with Gasteiger partial charge in [-0.05, 0) is 76.3 Å². The molecule has 2 heterocycles. The molecule has 0 unspecified atom stereocenters. The van der Waals surface area contributed by atoms with Crippen molar-refractivity contribution in [1.29, 1.82) is 0 Å². The van der Waals surface area contributed by atoms with Crippen LogP contribution in [0.25, 0.3) is 0 Å². The molecule has 8 nitrogen and oxygen atoms in total. The van der Waals surface area contributed by atoms with Gasteiger partial charge in [0.25, 0.3) is 0 Å². The number of aryl methyl sites for hydroxylation is 1. The molecule has 0 radical (unpaired) electrons. The SMILES string of the molecule is CCOc1ccc(C2=NN(C3CCN(S(=O)(=O)c4ccccc4C)CC3)C(=O)[C@@H]3CC=CC[C@H]23)cc1OCC. The zero-order valence-corrected chi connectivity index (χ0v) is 23.7. The average molecular weight is 552 g/mol. The summed E-state index contributed by atoms with van der Waals surface area (Å²) in [5, 5.41) is 6.64. The molecule has 0 N–H and O–H groups in total. The minimum Gasteiger partial charge on any atom is -0.490 e. The van der Waals surface area contributed by atoms with Gasteiger partial charge >= 0.3 is 0 Å². The Morgan fingerprint density at radius 3 is 2.28 bits per heavy atom. The summed E-state index contributed by atoms with van der Waals surface area (Å²) in [4.78, 5) is 14.0. The molecular formula is C30H37N3O5S. The number of sulfonamides is 1. The quantitative estimate of drug-likeness (QED) is 0.441. The van der Waals surface area contributed by atoms with E-state index in [1.165, 1.54) is 4.31 Å². The van der Waals surface area contributed by atoms with Crippen LogP contribution >= 0.6 is 0 Å². The van der Waals surface area contributed by atoms with Gasteiger partial charge in [-0.1, -0.05) is 30.4 Å². The number of benzene rings is 2. The van der Waals surface area contributed by atoms with E-state index in [0.29, 0.717) is 62.0 Å². The van der Waals surface area contributed by atoms with Gasteiger partial charge < -0.3 is 9.47 Å². The van der Waals surface area contributed by atoms with Crippen LogP contribution < -0.4 is 9.47 Å². The van der Waals surface area contributed by atoms with Crippen LogP contribution in [0.2, 0.25) is 0 Å². The van der Waals surface area contributed by atoms with Crippen LogP contribution in [0.1, 0.15) is 50.7 Å². The van der Waals surface area contributed by atoms with E-state index in [9.17, 15) is 13.2 Å². The Hall–Kier alpha value is -3.17. The van der Waals surface area contributed by atoms with Gasteiger partial charge in [-0.25, -0.2) is 13.4 Å². The summed E-state index contributed by atoms with van der Waals surface area (Å²) in [6.07, 6.45) is 6.72. The smallest absolute Gasteiger partial charge is 0.247 e. The predicted molar refractivity (Wildman–Crippen MR) is 150 cm³/mol. The van der Waals surface area contributed by atoms with E-state index in [0.717, 1.165) is 23.3 Å². The van der Waals surface area contributed by atoms with Crippen LogP contribution in [0.3, 0.4) is 0 Å². The highest BCUT2D eigenvalue weighted by Gasteiger charge is 2.43. The highest BCUT2D eigenvalue weighted by atomic mass is 32.2. The number of carbonyl (C=O) groups is 1. The van der Waals surface area contributed by atoms with E-state index in [-0.39, 0.29) is 23.8 Å². The first-order valence-corrected chi connectivity index (χ1v) is 15.3. The largest absolute Gasteiger partial charge is 0.490 e. The number of ether oxygens (including phenoxy) is 2. The molecule has 1 aliphatic carbocycles. The first-order valence-electron chi connectivity index (χ1n) is 13.9. The first kappa shape index (κ1) is 27.4. The van der Waals surface area contributed by atoms with Crippen molar-refractivity contribution in [2.75, 3.05) is 26.3 Å². The molecule has 2 aromatic rings. The van der Waals surface area contributed by atoms with Gasteiger partial charge in [0.2, 0.25) is 15.9 Å². The molecular weight excluding hydrogens is 514 g/mol. The fourth-order valence-corrected chi connectivity index (χ4v) is 7.55. The molecule has 0 bridgehead atoms. The van der Waals surface area contributed by atoms with Crippen LogP contribution in [0.4, 0.5) is 0 Å². The Morgan fingerprint density at radius 2 is 1.59 bits per heavy atom. The molecule has 5 rings (SSSR count). The Balaban J connectivity index is 1.42. The van der Waals surface area contributed by atoms with Gasteiger partial charge in [0.15, 0.2) is 11.5 Å². The summed E-state index contributed by atoms with van der Waals surface area (Å²) in [7, 11) is -3.59. The summed E-state index contributed by atoms with van der Waals surface area (Å²) in [5.74, 6) is 1.20. The molecule has 1 saturated heterocycles. The fraction of sp³-hybridized carbons (Fsp3) is 0.467. The summed E-state index contributed by atoms with van der Waals surface area (Å²) in [6, 6.07) is 12.8. The van der Waals surface area contributed by atoms with Crippen molar-refractivity contribution in [1.82, 2.24) is 9.31 Å². The van der Waals surface area contributed by atoms with Gasteiger partial charge in [-0.15, -0.1) is 0 Å². The topological polar surface area (TPSA) is 88.5 Å². The number of carbonyl (C=O) groups excluding carboxylic acids is 1. The highest BCUT2D eigenvalue weighted by Crippen LogP contribution is 2.39. The maximum absolute atomic E-state index is 13.7. The van der Waals surface area contributed by atoms with E-state index < -0.39 is 10.0 Å². The lowest BCUT2D eigenvalue weighted by Gasteiger charge is -2.42. The van der Waals surface area contributed by atoms with Gasteiger partial charge in [0.05, 0.1) is 35.8 Å². The lowest BCUT2D eigenvalue weighted by Crippen LogP contribution is -2.52. The molecule has 1 fully saturated rings. The zero-order valence-electron chi connectivity index (χ0n) is 22.9. The van der Waals surface area contributed by atoms with Crippen molar-refractivity contribution in [3.05, 3.63) is 65.7 Å². The average Bonchev–Trinajstić information content (AvgIpc) is 2.95. The summed E-state index contributed by atoms with van der Waals surface area (Å²) in [5.41, 5.74) is 2.53. The second-order valence-corrected chi connectivity index (χ2v) is 12.2. The molecule has 39 heavy (non-hydrogen) atoms. The Kier molecular flexibility index (Phi) is 8.09. The normalized spacial score (nSPS) is 22.4. The monoisotopic (exact) mass is 551 g/mol. The van der Waals surface area contributed by atoms with Crippen molar-refractivity contribution < 1.29 is 22.7 Å². The van der Waals surface area contributed by atoms with E-state index in [1.54, 1.807) is 17.1 Å². The fourth-order valence-electron chi connectivity index (χ4n) is 5.85. The summed E-state index contributed by atoms with van der Waals surface area (Å²) >= 11 is 0. The third kappa shape index (κ3) is 5.34. The number of piperidine rings is 1. The maximum Gasteiger partial charge on any atom is 0.247 e. The van der Waals surface area contributed by atoms with Crippen molar-refractivity contribution >= 4 is 21.6 Å². The van der Waals surface area contributed by atoms with E-state index in [4.69, 9.17) is 14.6 Å². The number of hydrogen-bond acceptors (Lipinski definition) is 6. The molecule has 0 aromatic heterocycles. The van der Waals surface area contributed by atoms with Crippen molar-refractivity contribution in [3.8, 4) is 11.5 Å². The van der Waals surface area contributed by atoms with Crippen molar-refractivity contribution in [2.45, 2.75) is 57.4 Å². The molecule has 3 aliphatic rings. The molecule has 0 saturated carbocycles. The number of hydrogen-bond donors (Lipinski definition) is 0. The molecule has 0 spiro atoms. The van der Waals surface area contributed by atoms with Crippen LogP contribution in [0.5, 0.6) is 11.5 Å². The minimum absolute atomic E-state index is 0.00677. The molecule has 2 atom stereocenters. The first-order chi connectivity index (χ1) is 18.8. The van der Waals surface area contributed by atoms with E-state index in [1.807, 2.05) is 51.1 Å². The summed E-state index contributed by atoms with van der Waals surface area (Å²) < 4.78 is 39.8. The third-order valence-corrected chi connectivity index (χ3v) is 9.92. The van der Waals surface area contributed by atoms with Crippen LogP contribution in [0, 0.1) is 18.8 Å². The second kappa shape index (κ2) is 11.5. The van der Waals surface area contributed by atoms with Gasteiger partial charge in [-0.3, -0.25) is 4.79 Å². The standard InChI is InChI=1S/C30H37N3O5S/c1-4-37-26-15-14-22(20-27(26)38-5-2)29-24-11-7-8-12-25(24)30(34)33(31-29)23-16-18-32(19-17-23)39(35,36)28-13-9-6-10-21(28)3/h6-10,13-15,20,23-25H,4-5,11-12,16-19H2,1-3H3/t24-,25+/m0/s1. The van der Waals surface area contributed by atoms with E-state index >= 15 is 0 Å². The van der Waals surface area contributed by atoms with Crippen molar-refractivity contribution in [3.63, 3.8) is 0 Å². The molecule has 9 heteroatoms. The lowest BCUT2D eigenvalue weighted by molar-refractivity contribution is -0.141. The van der Waals surface area contributed by atoms with Crippen LogP contribution in [-0.4, -0.2) is 61.7 Å². The third-order valence-electron chi connectivity index (χ3n) is 7.86. The highest BCUT2D eigenvalue weighted by molar-refractivity contribution is 7.89. The second-order valence-electron chi connectivity index (χ2n) is 10.3. The molecule has 2 aromatic carbocycles. The van der Waals surface area contributed by atoms with Gasteiger partial charge in [0, 0.05) is 24.6 Å². The number of rotatable bonds is 8.